The van der Waals surface area contributed by atoms with Crippen LogP contribution >= 0.6 is 0 Å². The molecule has 1 atom stereocenters. The molecule has 0 radical (unpaired) electrons. The maximum atomic E-state index is 9.14. The second-order valence-corrected chi connectivity index (χ2v) is 6.26. The van der Waals surface area contributed by atoms with Gasteiger partial charge in [-0.2, -0.15) is 5.10 Å². The fourth-order valence-electron chi connectivity index (χ4n) is 3.63. The smallest absolute Gasteiger partial charge is 0.0644 e. The zero-order chi connectivity index (χ0) is 15.7. The Balaban J connectivity index is 1.80. The Labute approximate surface area is 132 Å². The van der Waals surface area contributed by atoms with E-state index < -0.39 is 0 Å². The van der Waals surface area contributed by atoms with Gasteiger partial charge >= 0.3 is 0 Å². The first-order valence-corrected chi connectivity index (χ1v) is 8.03. The van der Waals surface area contributed by atoms with Crippen molar-refractivity contribution in [2.75, 3.05) is 13.7 Å². The SMILES string of the molecule is Cc1nn(CCO)c(C)c1CN(C)C1CCc2ccccc21. The summed E-state index contributed by atoms with van der Waals surface area (Å²) in [6.45, 7) is 5.77. The van der Waals surface area contributed by atoms with Crippen LogP contribution in [0.5, 0.6) is 0 Å². The molecule has 0 spiro atoms. The van der Waals surface area contributed by atoms with Crippen LogP contribution in [0.3, 0.4) is 0 Å². The van der Waals surface area contributed by atoms with E-state index in [1.807, 2.05) is 4.68 Å². The molecule has 4 heteroatoms. The molecule has 1 aromatic carbocycles. The molecule has 0 saturated carbocycles. The fourth-order valence-corrected chi connectivity index (χ4v) is 3.63. The summed E-state index contributed by atoms with van der Waals surface area (Å²) in [5, 5.41) is 13.7. The van der Waals surface area contributed by atoms with Crippen molar-refractivity contribution in [2.24, 2.45) is 0 Å². The van der Waals surface area contributed by atoms with E-state index in [-0.39, 0.29) is 6.61 Å². The van der Waals surface area contributed by atoms with Crippen LogP contribution in [0, 0.1) is 13.8 Å². The van der Waals surface area contributed by atoms with Crippen LogP contribution in [0.2, 0.25) is 0 Å². The molecule has 1 N–H and O–H groups in total. The zero-order valence-corrected chi connectivity index (χ0v) is 13.7. The first kappa shape index (κ1) is 15.3. The molecule has 0 bridgehead atoms. The summed E-state index contributed by atoms with van der Waals surface area (Å²) in [7, 11) is 2.20. The Morgan fingerprint density at radius 3 is 2.86 bits per heavy atom. The third kappa shape index (κ3) is 2.69. The van der Waals surface area contributed by atoms with Crippen LogP contribution in [0.25, 0.3) is 0 Å². The average molecular weight is 299 g/mol. The maximum Gasteiger partial charge on any atom is 0.0644 e. The van der Waals surface area contributed by atoms with Gasteiger partial charge in [-0.25, -0.2) is 0 Å². The van der Waals surface area contributed by atoms with Crippen molar-refractivity contribution in [3.05, 3.63) is 52.3 Å². The third-order valence-electron chi connectivity index (χ3n) is 4.88. The monoisotopic (exact) mass is 299 g/mol. The van der Waals surface area contributed by atoms with Crippen molar-refractivity contribution in [2.45, 2.75) is 45.8 Å². The normalized spacial score (nSPS) is 17.2. The van der Waals surface area contributed by atoms with Crippen LogP contribution in [0.1, 0.15) is 40.5 Å². The van der Waals surface area contributed by atoms with Gasteiger partial charge in [0.25, 0.3) is 0 Å². The first-order valence-electron chi connectivity index (χ1n) is 8.03. The molecule has 1 aliphatic rings. The number of hydrogen-bond acceptors (Lipinski definition) is 3. The number of rotatable bonds is 5. The van der Waals surface area contributed by atoms with Gasteiger partial charge in [0, 0.05) is 23.8 Å². The van der Waals surface area contributed by atoms with Crippen LogP contribution in [-0.2, 0) is 19.5 Å². The molecule has 22 heavy (non-hydrogen) atoms. The largest absolute Gasteiger partial charge is 0.394 e. The van der Waals surface area contributed by atoms with Gasteiger partial charge in [-0.05, 0) is 44.9 Å². The molecule has 1 aliphatic carbocycles. The van der Waals surface area contributed by atoms with Gasteiger partial charge in [-0.3, -0.25) is 9.58 Å². The predicted octanol–water partition coefficient (Wildman–Crippen LogP) is 2.61. The lowest BCUT2D eigenvalue weighted by Crippen LogP contribution is -2.23. The number of nitrogens with zero attached hydrogens (tertiary/aromatic N) is 3. The van der Waals surface area contributed by atoms with E-state index >= 15 is 0 Å². The summed E-state index contributed by atoms with van der Waals surface area (Å²) in [4.78, 5) is 2.44. The van der Waals surface area contributed by atoms with Gasteiger partial charge < -0.3 is 5.11 Å². The second kappa shape index (κ2) is 6.23. The van der Waals surface area contributed by atoms with Gasteiger partial charge in [0.1, 0.15) is 0 Å². The zero-order valence-electron chi connectivity index (χ0n) is 13.7. The Morgan fingerprint density at radius 1 is 1.32 bits per heavy atom. The predicted molar refractivity (Wildman–Crippen MR) is 87.8 cm³/mol. The average Bonchev–Trinajstić information content (AvgIpc) is 3.05. The number of benzene rings is 1. The van der Waals surface area contributed by atoms with E-state index in [2.05, 4.69) is 55.2 Å². The molecular formula is C18H25N3O. The lowest BCUT2D eigenvalue weighted by Gasteiger charge is -2.25. The van der Waals surface area contributed by atoms with Crippen molar-refractivity contribution in [1.82, 2.24) is 14.7 Å². The summed E-state index contributed by atoms with van der Waals surface area (Å²) < 4.78 is 1.92. The molecule has 0 fully saturated rings. The van der Waals surface area contributed by atoms with E-state index in [0.717, 1.165) is 12.2 Å². The topological polar surface area (TPSA) is 41.3 Å². The van der Waals surface area contributed by atoms with Crippen molar-refractivity contribution in [3.63, 3.8) is 0 Å². The van der Waals surface area contributed by atoms with Gasteiger partial charge in [-0.15, -0.1) is 0 Å². The lowest BCUT2D eigenvalue weighted by atomic mass is 10.1. The van der Waals surface area contributed by atoms with Crippen molar-refractivity contribution >= 4 is 0 Å². The standard InChI is InChI=1S/C18H25N3O/c1-13-17(14(2)21(19-13)10-11-22)12-20(3)18-9-8-15-6-4-5-7-16(15)18/h4-7,18,22H,8-12H2,1-3H3. The van der Waals surface area contributed by atoms with Gasteiger partial charge in [-0.1, -0.05) is 24.3 Å². The van der Waals surface area contributed by atoms with E-state index in [9.17, 15) is 0 Å². The fraction of sp³-hybridized carbons (Fsp3) is 0.500. The van der Waals surface area contributed by atoms with Crippen molar-refractivity contribution in [3.8, 4) is 0 Å². The Bertz CT molecular complexity index is 662. The molecule has 1 unspecified atom stereocenters. The number of aliphatic hydroxyl groups is 1. The lowest BCUT2D eigenvalue weighted by molar-refractivity contribution is 0.234. The van der Waals surface area contributed by atoms with Gasteiger partial charge in [0.2, 0.25) is 0 Å². The summed E-state index contributed by atoms with van der Waals surface area (Å²) in [6, 6.07) is 9.28. The second-order valence-electron chi connectivity index (χ2n) is 6.26. The van der Waals surface area contributed by atoms with Crippen molar-refractivity contribution < 1.29 is 5.11 Å². The minimum Gasteiger partial charge on any atom is -0.394 e. The van der Waals surface area contributed by atoms with Crippen LogP contribution in [0.4, 0.5) is 0 Å². The minimum absolute atomic E-state index is 0.132. The minimum atomic E-state index is 0.132. The summed E-state index contributed by atoms with van der Waals surface area (Å²) in [5.74, 6) is 0. The number of fused-ring (bicyclic) bond motifs is 1. The Hall–Kier alpha value is -1.65. The molecule has 3 rings (SSSR count). The third-order valence-corrected chi connectivity index (χ3v) is 4.88. The van der Waals surface area contributed by atoms with E-state index in [0.29, 0.717) is 12.6 Å². The number of aryl methyl sites for hydroxylation is 2. The highest BCUT2D eigenvalue weighted by Gasteiger charge is 2.26. The molecule has 0 aliphatic heterocycles. The van der Waals surface area contributed by atoms with Gasteiger partial charge in [0.15, 0.2) is 0 Å². The number of aromatic nitrogens is 2. The highest BCUT2D eigenvalue weighted by molar-refractivity contribution is 5.34. The van der Waals surface area contributed by atoms with Gasteiger partial charge in [0.05, 0.1) is 18.8 Å². The van der Waals surface area contributed by atoms with Crippen LogP contribution < -0.4 is 0 Å². The van der Waals surface area contributed by atoms with E-state index in [1.54, 1.807) is 0 Å². The summed E-state index contributed by atoms with van der Waals surface area (Å²) in [5.41, 5.74) is 6.50. The highest BCUT2D eigenvalue weighted by atomic mass is 16.3. The number of aliphatic hydroxyl groups excluding tert-OH is 1. The summed E-state index contributed by atoms with van der Waals surface area (Å²) in [6.07, 6.45) is 2.37. The van der Waals surface area contributed by atoms with Crippen LogP contribution in [0.15, 0.2) is 24.3 Å². The van der Waals surface area contributed by atoms with E-state index in [1.165, 1.54) is 35.2 Å². The molecular weight excluding hydrogens is 274 g/mol. The quantitative estimate of drug-likeness (QED) is 0.922. The Kier molecular flexibility index (Phi) is 4.32. The molecule has 4 nitrogen and oxygen atoms in total. The van der Waals surface area contributed by atoms with E-state index in [4.69, 9.17) is 5.11 Å². The molecule has 0 amide bonds. The summed E-state index contributed by atoms with van der Waals surface area (Å²) >= 11 is 0. The highest BCUT2D eigenvalue weighted by Crippen LogP contribution is 2.35. The van der Waals surface area contributed by atoms with Crippen molar-refractivity contribution in [1.29, 1.82) is 0 Å². The molecule has 2 aromatic rings. The maximum absolute atomic E-state index is 9.14. The first-order chi connectivity index (χ1) is 10.6. The Morgan fingerprint density at radius 2 is 2.09 bits per heavy atom. The molecule has 118 valence electrons. The molecule has 0 saturated heterocycles. The molecule has 1 heterocycles. The number of hydrogen-bond donors (Lipinski definition) is 1. The molecule has 1 aromatic heterocycles. The van der Waals surface area contributed by atoms with Crippen LogP contribution in [-0.4, -0.2) is 33.4 Å².